The maximum atomic E-state index is 5.63. The molecule has 1 aliphatic heterocycles. The van der Waals surface area contributed by atoms with E-state index in [1.807, 2.05) is 6.92 Å². The molecule has 1 heterocycles. The van der Waals surface area contributed by atoms with Crippen LogP contribution in [0.3, 0.4) is 0 Å². The summed E-state index contributed by atoms with van der Waals surface area (Å²) in [6, 6.07) is 6.59. The third-order valence-corrected chi connectivity index (χ3v) is 4.76. The molecule has 0 amide bonds. The second-order valence-corrected chi connectivity index (χ2v) is 6.52. The minimum Gasteiger partial charge on any atom is -0.494 e. The van der Waals surface area contributed by atoms with E-state index in [1.165, 1.54) is 17.7 Å². The molecule has 0 saturated heterocycles. The van der Waals surface area contributed by atoms with Gasteiger partial charge in [-0.1, -0.05) is 6.92 Å². The Kier molecular flexibility index (Phi) is 3.18. The first-order valence-corrected chi connectivity index (χ1v) is 6.91. The molecule has 0 aromatic heterocycles. The molecule has 0 saturated carbocycles. The lowest BCUT2D eigenvalue weighted by Crippen LogP contribution is -2.60. The van der Waals surface area contributed by atoms with E-state index in [2.05, 4.69) is 53.1 Å². The van der Waals surface area contributed by atoms with Gasteiger partial charge in [0, 0.05) is 18.1 Å². The Labute approximate surface area is 111 Å². The average Bonchev–Trinajstić information content (AvgIpc) is 2.27. The van der Waals surface area contributed by atoms with Crippen molar-refractivity contribution in [2.75, 3.05) is 20.7 Å². The zero-order valence-electron chi connectivity index (χ0n) is 12.6. The van der Waals surface area contributed by atoms with E-state index in [0.29, 0.717) is 5.92 Å². The fourth-order valence-electron chi connectivity index (χ4n) is 3.11. The van der Waals surface area contributed by atoms with Crippen molar-refractivity contribution in [1.29, 1.82) is 0 Å². The van der Waals surface area contributed by atoms with E-state index < -0.39 is 0 Å². The van der Waals surface area contributed by atoms with Crippen LogP contribution in [0.1, 0.15) is 45.6 Å². The third kappa shape index (κ3) is 1.93. The number of fused-ring (bicyclic) bond motifs is 1. The van der Waals surface area contributed by atoms with Crippen LogP contribution in [0.25, 0.3) is 0 Å². The molecule has 1 aliphatic rings. The van der Waals surface area contributed by atoms with Crippen molar-refractivity contribution in [3.63, 3.8) is 0 Å². The first kappa shape index (κ1) is 13.4. The van der Waals surface area contributed by atoms with Gasteiger partial charge in [-0.3, -0.25) is 4.48 Å². The van der Waals surface area contributed by atoms with Crippen molar-refractivity contribution in [2.45, 2.75) is 45.6 Å². The SMILES string of the molecule is CCOc1ccc2c(c1)[C@@H](C)CC(C)(C)[N+]2(C)C. The molecule has 0 spiro atoms. The Morgan fingerprint density at radius 2 is 2.00 bits per heavy atom. The third-order valence-electron chi connectivity index (χ3n) is 4.76. The van der Waals surface area contributed by atoms with Crippen molar-refractivity contribution >= 4 is 5.69 Å². The molecule has 0 N–H and O–H groups in total. The monoisotopic (exact) mass is 248 g/mol. The number of nitrogens with zero attached hydrogens (tertiary/aromatic N) is 1. The quantitative estimate of drug-likeness (QED) is 0.720. The van der Waals surface area contributed by atoms with Crippen molar-refractivity contribution in [1.82, 2.24) is 4.48 Å². The Hall–Kier alpha value is -1.02. The zero-order chi connectivity index (χ0) is 13.6. The molecule has 100 valence electrons. The van der Waals surface area contributed by atoms with Crippen LogP contribution in [0.5, 0.6) is 5.75 Å². The van der Waals surface area contributed by atoms with Crippen molar-refractivity contribution in [3.05, 3.63) is 23.8 Å². The number of hydrogen-bond donors (Lipinski definition) is 0. The first-order valence-electron chi connectivity index (χ1n) is 6.91. The topological polar surface area (TPSA) is 9.23 Å². The van der Waals surface area contributed by atoms with Crippen LogP contribution in [0.4, 0.5) is 5.69 Å². The van der Waals surface area contributed by atoms with Gasteiger partial charge in [-0.15, -0.1) is 0 Å². The van der Waals surface area contributed by atoms with Gasteiger partial charge in [0.15, 0.2) is 0 Å². The average molecular weight is 248 g/mol. The molecule has 2 nitrogen and oxygen atoms in total. The Morgan fingerprint density at radius 1 is 1.33 bits per heavy atom. The lowest BCUT2D eigenvalue weighted by molar-refractivity contribution is 0.157. The molecule has 2 rings (SSSR count). The summed E-state index contributed by atoms with van der Waals surface area (Å²) in [7, 11) is 4.62. The van der Waals surface area contributed by atoms with Gasteiger partial charge in [-0.05, 0) is 38.8 Å². The summed E-state index contributed by atoms with van der Waals surface area (Å²) in [5.41, 5.74) is 3.16. The van der Waals surface area contributed by atoms with E-state index in [4.69, 9.17) is 4.74 Å². The van der Waals surface area contributed by atoms with Crippen LogP contribution in [0, 0.1) is 0 Å². The molecule has 1 aromatic rings. The zero-order valence-corrected chi connectivity index (χ0v) is 12.6. The smallest absolute Gasteiger partial charge is 0.136 e. The predicted molar refractivity (Wildman–Crippen MR) is 78.4 cm³/mol. The van der Waals surface area contributed by atoms with Gasteiger partial charge < -0.3 is 4.74 Å². The van der Waals surface area contributed by atoms with Gasteiger partial charge in [0.1, 0.15) is 11.4 Å². The minimum absolute atomic E-state index is 0.277. The fraction of sp³-hybridized carbons (Fsp3) is 0.625. The summed E-state index contributed by atoms with van der Waals surface area (Å²) in [5.74, 6) is 1.60. The molecular formula is C16H26NO+. The highest BCUT2D eigenvalue weighted by atomic mass is 16.5. The van der Waals surface area contributed by atoms with E-state index in [-0.39, 0.29) is 5.54 Å². The van der Waals surface area contributed by atoms with Crippen LogP contribution in [-0.4, -0.2) is 26.2 Å². The van der Waals surface area contributed by atoms with Gasteiger partial charge in [0.05, 0.1) is 26.2 Å². The fourth-order valence-corrected chi connectivity index (χ4v) is 3.11. The summed E-state index contributed by atoms with van der Waals surface area (Å²) in [5, 5.41) is 0. The van der Waals surface area contributed by atoms with Crippen LogP contribution in [0.2, 0.25) is 0 Å². The molecule has 0 aliphatic carbocycles. The highest BCUT2D eigenvalue weighted by Gasteiger charge is 2.45. The molecule has 2 heteroatoms. The normalized spacial score (nSPS) is 24.4. The van der Waals surface area contributed by atoms with Crippen LogP contribution >= 0.6 is 0 Å². The maximum Gasteiger partial charge on any atom is 0.136 e. The van der Waals surface area contributed by atoms with Gasteiger partial charge in [0.25, 0.3) is 0 Å². The highest BCUT2D eigenvalue weighted by molar-refractivity contribution is 5.58. The van der Waals surface area contributed by atoms with Crippen LogP contribution in [-0.2, 0) is 0 Å². The number of hydrogen-bond acceptors (Lipinski definition) is 1. The summed E-state index contributed by atoms with van der Waals surface area (Å²) in [6.45, 7) is 9.82. The van der Waals surface area contributed by atoms with E-state index in [0.717, 1.165) is 16.8 Å². The van der Waals surface area contributed by atoms with Crippen LogP contribution in [0.15, 0.2) is 18.2 Å². The standard InChI is InChI=1S/C16H26NO/c1-7-18-13-8-9-15-14(10-13)12(2)11-16(3,4)17(15,5)6/h8-10,12H,7,11H2,1-6H3/q+1/t12-/m0/s1. The van der Waals surface area contributed by atoms with Crippen LogP contribution < -0.4 is 9.22 Å². The van der Waals surface area contributed by atoms with Gasteiger partial charge in [0.2, 0.25) is 0 Å². The number of benzene rings is 1. The van der Waals surface area contributed by atoms with Crippen molar-refractivity contribution < 1.29 is 4.74 Å². The molecule has 18 heavy (non-hydrogen) atoms. The number of quaternary nitrogens is 1. The van der Waals surface area contributed by atoms with E-state index >= 15 is 0 Å². The Balaban J connectivity index is 2.52. The van der Waals surface area contributed by atoms with Gasteiger partial charge in [-0.25, -0.2) is 0 Å². The number of ether oxygens (including phenoxy) is 1. The van der Waals surface area contributed by atoms with E-state index in [1.54, 1.807) is 0 Å². The van der Waals surface area contributed by atoms with Gasteiger partial charge in [-0.2, -0.15) is 0 Å². The molecule has 0 bridgehead atoms. The second-order valence-electron chi connectivity index (χ2n) is 6.52. The molecular weight excluding hydrogens is 222 g/mol. The summed E-state index contributed by atoms with van der Waals surface area (Å²) in [4.78, 5) is 0. The Morgan fingerprint density at radius 3 is 2.61 bits per heavy atom. The summed E-state index contributed by atoms with van der Waals surface area (Å²) < 4.78 is 6.58. The summed E-state index contributed by atoms with van der Waals surface area (Å²) in [6.07, 6.45) is 1.21. The van der Waals surface area contributed by atoms with Crippen molar-refractivity contribution in [3.8, 4) is 5.75 Å². The largest absolute Gasteiger partial charge is 0.494 e. The lowest BCUT2D eigenvalue weighted by Gasteiger charge is -2.50. The molecule has 0 unspecified atom stereocenters. The number of rotatable bonds is 2. The Bertz CT molecular complexity index is 448. The molecule has 0 radical (unpaired) electrons. The molecule has 0 fully saturated rings. The van der Waals surface area contributed by atoms with E-state index in [9.17, 15) is 0 Å². The second kappa shape index (κ2) is 4.27. The van der Waals surface area contributed by atoms with Crippen molar-refractivity contribution in [2.24, 2.45) is 0 Å². The minimum atomic E-state index is 0.277. The summed E-state index contributed by atoms with van der Waals surface area (Å²) >= 11 is 0. The first-order chi connectivity index (χ1) is 8.29. The van der Waals surface area contributed by atoms with Gasteiger partial charge >= 0.3 is 0 Å². The maximum absolute atomic E-state index is 5.63. The molecule has 1 atom stereocenters. The molecule has 1 aromatic carbocycles. The lowest BCUT2D eigenvalue weighted by atomic mass is 9.78. The highest BCUT2D eigenvalue weighted by Crippen LogP contribution is 2.47. The predicted octanol–water partition coefficient (Wildman–Crippen LogP) is 3.94.